The van der Waals surface area contributed by atoms with Crippen molar-refractivity contribution in [3.05, 3.63) is 47.7 Å². The zero-order valence-corrected chi connectivity index (χ0v) is 14.1. The van der Waals surface area contributed by atoms with Crippen LogP contribution < -0.4 is 10.2 Å². The molecule has 1 aromatic carbocycles. The van der Waals surface area contributed by atoms with Gasteiger partial charge in [0.2, 0.25) is 0 Å². The lowest BCUT2D eigenvalue weighted by atomic mass is 10.3. The molecule has 0 unspecified atom stereocenters. The number of nitrogens with one attached hydrogen (secondary N) is 1. The van der Waals surface area contributed by atoms with Gasteiger partial charge in [0.25, 0.3) is 0 Å². The number of amides is 2. The first-order valence-corrected chi connectivity index (χ1v) is 8.30. The monoisotopic (exact) mass is 357 g/mol. The van der Waals surface area contributed by atoms with Crippen LogP contribution in [0.4, 0.5) is 16.3 Å². The molecular formula is C16H16ClN7O. The number of anilines is 2. The highest BCUT2D eigenvalue weighted by molar-refractivity contribution is 6.30. The number of hydrogen-bond donors (Lipinski definition) is 1. The zero-order chi connectivity index (χ0) is 17.2. The van der Waals surface area contributed by atoms with Gasteiger partial charge in [0, 0.05) is 36.9 Å². The van der Waals surface area contributed by atoms with Crippen molar-refractivity contribution in [3.8, 4) is 0 Å². The van der Waals surface area contributed by atoms with Crippen LogP contribution in [0.5, 0.6) is 0 Å². The van der Waals surface area contributed by atoms with Crippen molar-refractivity contribution in [1.29, 1.82) is 0 Å². The van der Waals surface area contributed by atoms with Crippen molar-refractivity contribution in [2.75, 3.05) is 36.4 Å². The van der Waals surface area contributed by atoms with Crippen molar-refractivity contribution in [2.45, 2.75) is 0 Å². The lowest BCUT2D eigenvalue weighted by Crippen LogP contribution is -2.50. The zero-order valence-electron chi connectivity index (χ0n) is 13.3. The molecule has 2 aromatic heterocycles. The molecule has 1 aliphatic heterocycles. The van der Waals surface area contributed by atoms with Gasteiger partial charge in [-0.05, 0) is 30.3 Å². The Labute approximate surface area is 149 Å². The highest BCUT2D eigenvalue weighted by Crippen LogP contribution is 2.17. The fourth-order valence-electron chi connectivity index (χ4n) is 2.79. The molecule has 1 saturated heterocycles. The average molecular weight is 358 g/mol. The van der Waals surface area contributed by atoms with E-state index in [1.54, 1.807) is 27.9 Å². The Hall–Kier alpha value is -2.87. The topological polar surface area (TPSA) is 78.7 Å². The Morgan fingerprint density at radius 3 is 2.76 bits per heavy atom. The van der Waals surface area contributed by atoms with E-state index in [-0.39, 0.29) is 6.03 Å². The van der Waals surface area contributed by atoms with Gasteiger partial charge in [-0.2, -0.15) is 4.52 Å². The Morgan fingerprint density at radius 1 is 1.12 bits per heavy atom. The van der Waals surface area contributed by atoms with Crippen LogP contribution in [-0.2, 0) is 0 Å². The molecule has 0 radical (unpaired) electrons. The third kappa shape index (κ3) is 3.34. The molecule has 0 atom stereocenters. The summed E-state index contributed by atoms with van der Waals surface area (Å²) < 4.78 is 1.65. The molecule has 1 aliphatic rings. The first kappa shape index (κ1) is 15.6. The number of piperazine rings is 1. The van der Waals surface area contributed by atoms with Crippen LogP contribution in [0.2, 0.25) is 5.02 Å². The maximum absolute atomic E-state index is 12.4. The Morgan fingerprint density at radius 2 is 1.96 bits per heavy atom. The summed E-state index contributed by atoms with van der Waals surface area (Å²) in [5.74, 6) is 0.849. The summed E-state index contributed by atoms with van der Waals surface area (Å²) in [5, 5.41) is 15.7. The van der Waals surface area contributed by atoms with Crippen molar-refractivity contribution >= 4 is 34.8 Å². The highest BCUT2D eigenvalue weighted by Gasteiger charge is 2.22. The molecule has 3 aromatic rings. The van der Waals surface area contributed by atoms with Crippen LogP contribution in [0.15, 0.2) is 42.7 Å². The average Bonchev–Trinajstić information content (AvgIpc) is 3.09. The van der Waals surface area contributed by atoms with Gasteiger partial charge in [-0.25, -0.2) is 4.79 Å². The first-order valence-electron chi connectivity index (χ1n) is 7.92. The molecule has 0 aliphatic carbocycles. The molecule has 0 saturated carbocycles. The molecule has 9 heteroatoms. The van der Waals surface area contributed by atoms with Gasteiger partial charge in [0.1, 0.15) is 12.1 Å². The number of halogens is 1. The minimum absolute atomic E-state index is 0.121. The molecular weight excluding hydrogens is 342 g/mol. The normalized spacial score (nSPS) is 14.8. The van der Waals surface area contributed by atoms with E-state index in [9.17, 15) is 4.79 Å². The maximum atomic E-state index is 12.4. The van der Waals surface area contributed by atoms with Crippen molar-refractivity contribution in [2.24, 2.45) is 0 Å². The summed E-state index contributed by atoms with van der Waals surface area (Å²) in [5.41, 5.74) is 1.41. The molecule has 4 rings (SSSR count). The fourth-order valence-corrected chi connectivity index (χ4v) is 2.98. The Bertz CT molecular complexity index is 904. The first-order chi connectivity index (χ1) is 12.2. The van der Waals surface area contributed by atoms with E-state index in [4.69, 9.17) is 11.6 Å². The number of fused-ring (bicyclic) bond motifs is 1. The van der Waals surface area contributed by atoms with Gasteiger partial charge in [-0.15, -0.1) is 15.3 Å². The number of carbonyl (C=O) groups excluding carboxylic acids is 1. The van der Waals surface area contributed by atoms with E-state index in [1.807, 2.05) is 24.3 Å². The summed E-state index contributed by atoms with van der Waals surface area (Å²) in [4.78, 5) is 16.3. The van der Waals surface area contributed by atoms with E-state index >= 15 is 0 Å². The lowest BCUT2D eigenvalue weighted by molar-refractivity contribution is 0.208. The highest BCUT2D eigenvalue weighted by atomic mass is 35.5. The SMILES string of the molecule is O=C(Nc1cccc(Cl)c1)N1CCN(c2ccc3nncn3n2)CC1. The number of hydrogen-bond acceptors (Lipinski definition) is 5. The van der Waals surface area contributed by atoms with Gasteiger partial charge >= 0.3 is 6.03 Å². The lowest BCUT2D eigenvalue weighted by Gasteiger charge is -2.35. The minimum atomic E-state index is -0.121. The van der Waals surface area contributed by atoms with E-state index in [0.29, 0.717) is 42.5 Å². The summed E-state index contributed by atoms with van der Waals surface area (Å²) in [6.45, 7) is 2.66. The third-order valence-corrected chi connectivity index (χ3v) is 4.35. The largest absolute Gasteiger partial charge is 0.352 e. The van der Waals surface area contributed by atoms with Crippen molar-refractivity contribution in [1.82, 2.24) is 24.7 Å². The smallest absolute Gasteiger partial charge is 0.321 e. The number of aromatic nitrogens is 4. The van der Waals surface area contributed by atoms with E-state index < -0.39 is 0 Å². The maximum Gasteiger partial charge on any atom is 0.321 e. The van der Waals surface area contributed by atoms with Crippen LogP contribution in [0.3, 0.4) is 0 Å². The Kier molecular flexibility index (Phi) is 4.10. The summed E-state index contributed by atoms with van der Waals surface area (Å²) >= 11 is 5.94. The number of carbonyl (C=O) groups is 1. The third-order valence-electron chi connectivity index (χ3n) is 4.11. The number of benzene rings is 1. The van der Waals surface area contributed by atoms with Gasteiger partial charge in [0.05, 0.1) is 0 Å². The van der Waals surface area contributed by atoms with Crippen LogP contribution in [0.1, 0.15) is 0 Å². The van der Waals surface area contributed by atoms with Crippen molar-refractivity contribution in [3.63, 3.8) is 0 Å². The number of nitrogens with zero attached hydrogens (tertiary/aromatic N) is 6. The van der Waals surface area contributed by atoms with Gasteiger partial charge < -0.3 is 15.1 Å². The number of urea groups is 1. The molecule has 25 heavy (non-hydrogen) atoms. The Balaban J connectivity index is 1.38. The van der Waals surface area contributed by atoms with Gasteiger partial charge in [-0.1, -0.05) is 17.7 Å². The quantitative estimate of drug-likeness (QED) is 0.760. The van der Waals surface area contributed by atoms with E-state index in [1.165, 1.54) is 0 Å². The van der Waals surface area contributed by atoms with E-state index in [2.05, 4.69) is 25.5 Å². The second-order valence-electron chi connectivity index (χ2n) is 5.74. The molecule has 1 fully saturated rings. The van der Waals surface area contributed by atoms with Gasteiger partial charge in [0.15, 0.2) is 5.65 Å². The minimum Gasteiger partial charge on any atom is -0.352 e. The summed E-state index contributed by atoms with van der Waals surface area (Å²) in [6.07, 6.45) is 1.58. The van der Waals surface area contributed by atoms with Crippen LogP contribution >= 0.6 is 11.6 Å². The summed E-state index contributed by atoms with van der Waals surface area (Å²) in [6, 6.07) is 10.8. The molecule has 3 heterocycles. The second-order valence-corrected chi connectivity index (χ2v) is 6.18. The van der Waals surface area contributed by atoms with Crippen LogP contribution in [0.25, 0.3) is 5.65 Å². The summed E-state index contributed by atoms with van der Waals surface area (Å²) in [7, 11) is 0. The molecule has 2 amide bonds. The second kappa shape index (κ2) is 6.56. The van der Waals surface area contributed by atoms with E-state index in [0.717, 1.165) is 5.82 Å². The number of rotatable bonds is 2. The molecule has 0 spiro atoms. The molecule has 128 valence electrons. The van der Waals surface area contributed by atoms with Crippen LogP contribution in [-0.4, -0.2) is 56.9 Å². The molecule has 1 N–H and O–H groups in total. The van der Waals surface area contributed by atoms with Crippen LogP contribution in [0, 0.1) is 0 Å². The predicted molar refractivity (Wildman–Crippen MR) is 95.0 cm³/mol. The van der Waals surface area contributed by atoms with Gasteiger partial charge in [-0.3, -0.25) is 0 Å². The standard InChI is InChI=1S/C16H16ClN7O/c17-12-2-1-3-13(10-12)19-16(25)23-8-6-22(7-9-23)15-5-4-14-20-18-11-24(14)21-15/h1-5,10-11H,6-9H2,(H,19,25). The molecule has 8 nitrogen and oxygen atoms in total. The molecule has 0 bridgehead atoms. The predicted octanol–water partition coefficient (Wildman–Crippen LogP) is 2.13. The fraction of sp³-hybridized carbons (Fsp3) is 0.250. The van der Waals surface area contributed by atoms with Crippen molar-refractivity contribution < 1.29 is 4.79 Å².